The van der Waals surface area contributed by atoms with Gasteiger partial charge in [0.25, 0.3) is 11.8 Å². The summed E-state index contributed by atoms with van der Waals surface area (Å²) in [4.78, 5) is 25.4. The average molecular weight is 397 g/mol. The van der Waals surface area contributed by atoms with Gasteiger partial charge in [0, 0.05) is 17.3 Å². The molecule has 6 nitrogen and oxygen atoms in total. The number of para-hydroxylation sites is 1. The highest BCUT2D eigenvalue weighted by molar-refractivity contribution is 6.12. The van der Waals surface area contributed by atoms with Crippen LogP contribution in [0.2, 0.25) is 0 Å². The largest absolute Gasteiger partial charge is 0.355 e. The van der Waals surface area contributed by atoms with E-state index in [0.717, 1.165) is 11.1 Å². The highest BCUT2D eigenvalue weighted by Gasteiger charge is 2.17. The second-order valence-electron chi connectivity index (χ2n) is 6.77. The minimum Gasteiger partial charge on any atom is -0.355 e. The van der Waals surface area contributed by atoms with Crippen LogP contribution < -0.4 is 10.6 Å². The van der Waals surface area contributed by atoms with E-state index in [-0.39, 0.29) is 11.6 Å². The highest BCUT2D eigenvalue weighted by Crippen LogP contribution is 2.22. The summed E-state index contributed by atoms with van der Waals surface area (Å²) in [5, 5.41) is 9.45. The van der Waals surface area contributed by atoms with E-state index < -0.39 is 5.91 Å². The van der Waals surface area contributed by atoms with Gasteiger partial charge >= 0.3 is 0 Å². The van der Waals surface area contributed by atoms with Gasteiger partial charge in [-0.3, -0.25) is 9.59 Å². The summed E-state index contributed by atoms with van der Waals surface area (Å²) >= 11 is 0. The molecule has 4 aromatic rings. The lowest BCUT2D eigenvalue weighted by atomic mass is 10.1. The standard InChI is InChI=1S/C24H19N3O3/c1-16-8-7-11-18(14-16)25-23(28)19-12-5-6-13-20(19)26-24(29)21-15-22(30-27-21)17-9-3-2-4-10-17/h2-15H,1H3,(H,25,28)(H,26,29). The number of aryl methyl sites for hydroxylation is 1. The maximum absolute atomic E-state index is 12.8. The molecule has 2 amide bonds. The minimum atomic E-state index is -0.461. The van der Waals surface area contributed by atoms with E-state index in [9.17, 15) is 9.59 Å². The third kappa shape index (κ3) is 4.28. The number of carbonyl (C=O) groups is 2. The molecule has 0 bridgehead atoms. The number of hydrogen-bond donors (Lipinski definition) is 2. The molecule has 3 aromatic carbocycles. The van der Waals surface area contributed by atoms with Gasteiger partial charge in [0.05, 0.1) is 11.3 Å². The molecule has 0 aliphatic carbocycles. The van der Waals surface area contributed by atoms with Crippen LogP contribution in [0.4, 0.5) is 11.4 Å². The molecular weight excluding hydrogens is 378 g/mol. The topological polar surface area (TPSA) is 84.2 Å². The van der Waals surface area contributed by atoms with Crippen molar-refractivity contribution in [2.45, 2.75) is 6.92 Å². The molecule has 0 unspecified atom stereocenters. The van der Waals surface area contributed by atoms with Gasteiger partial charge in [-0.15, -0.1) is 0 Å². The highest BCUT2D eigenvalue weighted by atomic mass is 16.5. The van der Waals surface area contributed by atoms with Crippen molar-refractivity contribution in [3.8, 4) is 11.3 Å². The van der Waals surface area contributed by atoms with Gasteiger partial charge in [-0.2, -0.15) is 0 Å². The summed E-state index contributed by atoms with van der Waals surface area (Å²) in [6.45, 7) is 1.95. The van der Waals surface area contributed by atoms with Gasteiger partial charge in [-0.05, 0) is 36.8 Å². The second-order valence-corrected chi connectivity index (χ2v) is 6.77. The van der Waals surface area contributed by atoms with Crippen molar-refractivity contribution in [1.82, 2.24) is 5.16 Å². The second kappa shape index (κ2) is 8.45. The van der Waals surface area contributed by atoms with Crippen molar-refractivity contribution in [3.63, 3.8) is 0 Å². The Balaban J connectivity index is 1.52. The van der Waals surface area contributed by atoms with Crippen LogP contribution in [0.3, 0.4) is 0 Å². The molecule has 30 heavy (non-hydrogen) atoms. The Morgan fingerprint density at radius 2 is 1.57 bits per heavy atom. The molecule has 0 fully saturated rings. The van der Waals surface area contributed by atoms with Crippen LogP contribution in [-0.2, 0) is 0 Å². The fourth-order valence-electron chi connectivity index (χ4n) is 3.02. The lowest BCUT2D eigenvalue weighted by Gasteiger charge is -2.11. The molecule has 0 aliphatic rings. The van der Waals surface area contributed by atoms with Crippen molar-refractivity contribution >= 4 is 23.2 Å². The first kappa shape index (κ1) is 19.1. The molecule has 4 rings (SSSR count). The molecular formula is C24H19N3O3. The SMILES string of the molecule is Cc1cccc(NC(=O)c2ccccc2NC(=O)c2cc(-c3ccccc3)on2)c1. The molecule has 0 radical (unpaired) electrons. The van der Waals surface area contributed by atoms with Crippen LogP contribution in [0, 0.1) is 6.92 Å². The van der Waals surface area contributed by atoms with Crippen LogP contribution in [0.15, 0.2) is 89.5 Å². The van der Waals surface area contributed by atoms with Crippen LogP contribution >= 0.6 is 0 Å². The number of benzene rings is 3. The van der Waals surface area contributed by atoms with Crippen molar-refractivity contribution < 1.29 is 14.1 Å². The van der Waals surface area contributed by atoms with E-state index in [1.54, 1.807) is 30.3 Å². The van der Waals surface area contributed by atoms with E-state index in [1.807, 2.05) is 61.5 Å². The quantitative estimate of drug-likeness (QED) is 0.487. The number of rotatable bonds is 5. The zero-order valence-corrected chi connectivity index (χ0v) is 16.3. The number of nitrogens with one attached hydrogen (secondary N) is 2. The summed E-state index contributed by atoms with van der Waals surface area (Å²) in [7, 11) is 0. The number of anilines is 2. The number of aromatic nitrogens is 1. The van der Waals surface area contributed by atoms with Crippen molar-refractivity contribution in [2.24, 2.45) is 0 Å². The first-order valence-corrected chi connectivity index (χ1v) is 9.41. The molecule has 0 atom stereocenters. The minimum absolute atomic E-state index is 0.128. The Morgan fingerprint density at radius 3 is 2.37 bits per heavy atom. The smallest absolute Gasteiger partial charge is 0.277 e. The summed E-state index contributed by atoms with van der Waals surface area (Å²) in [5.41, 5.74) is 3.40. The zero-order chi connectivity index (χ0) is 20.9. The Labute approximate surface area is 173 Å². The fraction of sp³-hybridized carbons (Fsp3) is 0.0417. The number of hydrogen-bond acceptors (Lipinski definition) is 4. The van der Waals surface area contributed by atoms with E-state index in [1.165, 1.54) is 0 Å². The molecule has 1 heterocycles. The molecule has 0 saturated carbocycles. The van der Waals surface area contributed by atoms with Gasteiger partial charge < -0.3 is 15.2 Å². The van der Waals surface area contributed by atoms with E-state index in [2.05, 4.69) is 15.8 Å². The normalized spacial score (nSPS) is 10.4. The molecule has 0 spiro atoms. The molecule has 6 heteroatoms. The van der Waals surface area contributed by atoms with Crippen LogP contribution in [0.25, 0.3) is 11.3 Å². The lowest BCUT2D eigenvalue weighted by Crippen LogP contribution is -2.18. The van der Waals surface area contributed by atoms with Gasteiger partial charge in [-0.1, -0.05) is 59.8 Å². The van der Waals surface area contributed by atoms with Crippen molar-refractivity contribution in [1.29, 1.82) is 0 Å². The number of nitrogens with zero attached hydrogens (tertiary/aromatic N) is 1. The van der Waals surface area contributed by atoms with E-state index >= 15 is 0 Å². The monoisotopic (exact) mass is 397 g/mol. The third-order valence-corrected chi connectivity index (χ3v) is 4.50. The summed E-state index contributed by atoms with van der Waals surface area (Å²) < 4.78 is 5.29. The summed E-state index contributed by atoms with van der Waals surface area (Å²) in [6.07, 6.45) is 0. The third-order valence-electron chi connectivity index (χ3n) is 4.50. The van der Waals surface area contributed by atoms with Crippen LogP contribution in [0.1, 0.15) is 26.4 Å². The van der Waals surface area contributed by atoms with Crippen LogP contribution in [0.5, 0.6) is 0 Å². The Bertz CT molecular complexity index is 1200. The van der Waals surface area contributed by atoms with E-state index in [0.29, 0.717) is 22.7 Å². The molecule has 1 aromatic heterocycles. The molecule has 148 valence electrons. The molecule has 0 saturated heterocycles. The first-order valence-electron chi connectivity index (χ1n) is 9.41. The van der Waals surface area contributed by atoms with Gasteiger partial charge in [0.2, 0.25) is 0 Å². The predicted molar refractivity (Wildman–Crippen MR) is 115 cm³/mol. The number of carbonyl (C=O) groups excluding carboxylic acids is 2. The predicted octanol–water partition coefficient (Wildman–Crippen LogP) is 5.15. The lowest BCUT2D eigenvalue weighted by molar-refractivity contribution is 0.101. The van der Waals surface area contributed by atoms with Gasteiger partial charge in [-0.25, -0.2) is 0 Å². The zero-order valence-electron chi connectivity index (χ0n) is 16.3. The number of amides is 2. The summed E-state index contributed by atoms with van der Waals surface area (Å²) in [6, 6.07) is 25.3. The van der Waals surface area contributed by atoms with Gasteiger partial charge in [0.15, 0.2) is 11.5 Å². The van der Waals surface area contributed by atoms with Crippen molar-refractivity contribution in [3.05, 3.63) is 102 Å². The van der Waals surface area contributed by atoms with Crippen molar-refractivity contribution in [2.75, 3.05) is 10.6 Å². The van der Waals surface area contributed by atoms with Crippen LogP contribution in [-0.4, -0.2) is 17.0 Å². The summed E-state index contributed by atoms with van der Waals surface area (Å²) in [5.74, 6) is -0.287. The molecule has 0 aliphatic heterocycles. The first-order chi connectivity index (χ1) is 14.6. The fourth-order valence-corrected chi connectivity index (χ4v) is 3.02. The maximum Gasteiger partial charge on any atom is 0.277 e. The molecule has 2 N–H and O–H groups in total. The Morgan fingerprint density at radius 1 is 0.800 bits per heavy atom. The maximum atomic E-state index is 12.8. The Hall–Kier alpha value is -4.19. The Kier molecular flexibility index (Phi) is 5.39. The average Bonchev–Trinajstić information content (AvgIpc) is 3.25. The van der Waals surface area contributed by atoms with E-state index in [4.69, 9.17) is 4.52 Å². The van der Waals surface area contributed by atoms with Gasteiger partial charge in [0.1, 0.15) is 0 Å².